The Morgan fingerprint density at radius 2 is 0.559 bits per heavy atom. The van der Waals surface area contributed by atoms with Crippen LogP contribution < -0.4 is 0 Å². The third-order valence-corrected chi connectivity index (χ3v) is 12.0. The maximum Gasteiger partial charge on any atom is 0.306 e. The Bertz CT molecular complexity index is 887. The van der Waals surface area contributed by atoms with Crippen molar-refractivity contribution in [3.05, 3.63) is 0 Å². The summed E-state index contributed by atoms with van der Waals surface area (Å²) in [4.78, 5) is 38.0. The van der Waals surface area contributed by atoms with Gasteiger partial charge in [0.05, 0.1) is 0 Å². The van der Waals surface area contributed by atoms with Gasteiger partial charge in [0.25, 0.3) is 0 Å². The molecule has 0 aromatic heterocycles. The molecule has 0 amide bonds. The number of esters is 3. The average molecular weight is 835 g/mol. The molecule has 0 fully saturated rings. The van der Waals surface area contributed by atoms with Gasteiger partial charge < -0.3 is 14.2 Å². The van der Waals surface area contributed by atoms with Gasteiger partial charge in [0.2, 0.25) is 0 Å². The molecule has 6 heteroatoms. The highest BCUT2D eigenvalue weighted by atomic mass is 16.6. The van der Waals surface area contributed by atoms with Crippen LogP contribution in [-0.4, -0.2) is 37.2 Å². The first-order valence-corrected chi connectivity index (χ1v) is 26.4. The zero-order valence-corrected chi connectivity index (χ0v) is 40.2. The van der Waals surface area contributed by atoms with Crippen molar-refractivity contribution in [1.82, 2.24) is 0 Å². The standard InChI is InChI=1S/C53H102O6/c1-5-7-9-11-13-15-17-19-21-24-28-32-36-40-44-51(54)57-47-50(59-53(56)46-42-38-34-30-25-20-18-16-14-12-10-8-6-2)48-58-52(55)45-41-37-33-29-26-22-23-27-31-35-39-43-49(3)4/h49-50H,5-48H2,1-4H3/t50-/m1/s1. The lowest BCUT2D eigenvalue weighted by Gasteiger charge is -2.18. The molecular weight excluding hydrogens is 733 g/mol. The first kappa shape index (κ1) is 57.4. The van der Waals surface area contributed by atoms with E-state index in [1.165, 1.54) is 193 Å². The number of hydrogen-bond donors (Lipinski definition) is 0. The summed E-state index contributed by atoms with van der Waals surface area (Å²) >= 11 is 0. The summed E-state index contributed by atoms with van der Waals surface area (Å²) < 4.78 is 16.8. The highest BCUT2D eigenvalue weighted by molar-refractivity contribution is 5.71. The summed E-state index contributed by atoms with van der Waals surface area (Å²) in [6, 6.07) is 0. The average Bonchev–Trinajstić information content (AvgIpc) is 3.22. The summed E-state index contributed by atoms with van der Waals surface area (Å²) in [5, 5.41) is 0. The van der Waals surface area contributed by atoms with Crippen LogP contribution in [0.4, 0.5) is 0 Å². The smallest absolute Gasteiger partial charge is 0.306 e. The second-order valence-corrected chi connectivity index (χ2v) is 18.6. The Morgan fingerprint density at radius 3 is 0.831 bits per heavy atom. The Hall–Kier alpha value is -1.59. The lowest BCUT2D eigenvalue weighted by atomic mass is 10.0. The van der Waals surface area contributed by atoms with E-state index in [0.29, 0.717) is 19.3 Å². The Kier molecular flexibility index (Phi) is 46.2. The molecular formula is C53H102O6. The van der Waals surface area contributed by atoms with Crippen molar-refractivity contribution in [2.75, 3.05) is 13.2 Å². The Balaban J connectivity index is 4.31. The molecule has 0 radical (unpaired) electrons. The molecule has 0 spiro atoms. The van der Waals surface area contributed by atoms with Gasteiger partial charge in [-0.1, -0.05) is 259 Å². The summed E-state index contributed by atoms with van der Waals surface area (Å²) in [6.07, 6.45) is 49.4. The first-order valence-electron chi connectivity index (χ1n) is 26.4. The fourth-order valence-electron chi connectivity index (χ4n) is 8.04. The number of carbonyl (C=O) groups excluding carboxylic acids is 3. The van der Waals surface area contributed by atoms with E-state index in [1.807, 2.05) is 0 Å². The molecule has 0 heterocycles. The number of carbonyl (C=O) groups is 3. The van der Waals surface area contributed by atoms with Crippen molar-refractivity contribution in [1.29, 1.82) is 0 Å². The van der Waals surface area contributed by atoms with Crippen molar-refractivity contribution in [3.63, 3.8) is 0 Å². The maximum absolute atomic E-state index is 12.8. The molecule has 1 atom stereocenters. The van der Waals surface area contributed by atoms with Crippen LogP contribution in [0.25, 0.3) is 0 Å². The van der Waals surface area contributed by atoms with Crippen LogP contribution in [0.1, 0.15) is 297 Å². The molecule has 6 nitrogen and oxygen atoms in total. The molecule has 0 aromatic carbocycles. The minimum atomic E-state index is -0.760. The molecule has 0 bridgehead atoms. The Morgan fingerprint density at radius 1 is 0.322 bits per heavy atom. The largest absolute Gasteiger partial charge is 0.462 e. The van der Waals surface area contributed by atoms with E-state index in [0.717, 1.165) is 63.7 Å². The monoisotopic (exact) mass is 835 g/mol. The number of rotatable bonds is 48. The van der Waals surface area contributed by atoms with E-state index in [-0.39, 0.29) is 31.1 Å². The van der Waals surface area contributed by atoms with Crippen LogP contribution in [0.2, 0.25) is 0 Å². The molecule has 0 aliphatic carbocycles. The molecule has 0 aromatic rings. The third kappa shape index (κ3) is 47.3. The molecule has 0 N–H and O–H groups in total. The van der Waals surface area contributed by atoms with Gasteiger partial charge in [-0.05, 0) is 25.2 Å². The molecule has 0 saturated heterocycles. The Labute approximate surface area is 368 Å². The number of unbranched alkanes of at least 4 members (excludes halogenated alkanes) is 35. The van der Waals surface area contributed by atoms with Gasteiger partial charge >= 0.3 is 17.9 Å². The lowest BCUT2D eigenvalue weighted by Crippen LogP contribution is -2.30. The van der Waals surface area contributed by atoms with Gasteiger partial charge in [0, 0.05) is 19.3 Å². The summed E-state index contributed by atoms with van der Waals surface area (Å²) in [6.45, 7) is 9.03. The van der Waals surface area contributed by atoms with Crippen LogP contribution in [-0.2, 0) is 28.6 Å². The molecule has 59 heavy (non-hydrogen) atoms. The molecule has 0 aliphatic heterocycles. The predicted molar refractivity (Wildman–Crippen MR) is 252 cm³/mol. The predicted octanol–water partition coefficient (Wildman–Crippen LogP) is 17.1. The molecule has 0 rings (SSSR count). The van der Waals surface area contributed by atoms with Crippen molar-refractivity contribution in [2.24, 2.45) is 5.92 Å². The molecule has 350 valence electrons. The van der Waals surface area contributed by atoms with Crippen molar-refractivity contribution >= 4 is 17.9 Å². The highest BCUT2D eigenvalue weighted by Gasteiger charge is 2.19. The first-order chi connectivity index (χ1) is 28.9. The summed E-state index contributed by atoms with van der Waals surface area (Å²) in [5.41, 5.74) is 0. The van der Waals surface area contributed by atoms with Crippen molar-refractivity contribution in [2.45, 2.75) is 303 Å². The molecule has 0 unspecified atom stereocenters. The second-order valence-electron chi connectivity index (χ2n) is 18.6. The van der Waals surface area contributed by atoms with E-state index in [2.05, 4.69) is 27.7 Å². The zero-order valence-electron chi connectivity index (χ0n) is 40.2. The normalized spacial score (nSPS) is 11.9. The van der Waals surface area contributed by atoms with Crippen LogP contribution in [0.15, 0.2) is 0 Å². The van der Waals surface area contributed by atoms with Gasteiger partial charge in [-0.3, -0.25) is 14.4 Å². The third-order valence-electron chi connectivity index (χ3n) is 12.0. The van der Waals surface area contributed by atoms with Gasteiger partial charge in [-0.25, -0.2) is 0 Å². The van der Waals surface area contributed by atoms with E-state index in [9.17, 15) is 14.4 Å². The van der Waals surface area contributed by atoms with Crippen molar-refractivity contribution in [3.8, 4) is 0 Å². The van der Waals surface area contributed by atoms with Gasteiger partial charge in [-0.2, -0.15) is 0 Å². The molecule has 0 aliphatic rings. The van der Waals surface area contributed by atoms with E-state index >= 15 is 0 Å². The van der Waals surface area contributed by atoms with Crippen LogP contribution in [0.3, 0.4) is 0 Å². The van der Waals surface area contributed by atoms with Crippen LogP contribution >= 0.6 is 0 Å². The number of ether oxygens (including phenoxy) is 3. The molecule has 0 saturated carbocycles. The van der Waals surface area contributed by atoms with Crippen molar-refractivity contribution < 1.29 is 28.6 Å². The van der Waals surface area contributed by atoms with E-state index in [4.69, 9.17) is 14.2 Å². The quantitative estimate of drug-likeness (QED) is 0.0345. The van der Waals surface area contributed by atoms with Crippen LogP contribution in [0, 0.1) is 5.92 Å². The van der Waals surface area contributed by atoms with Gasteiger partial charge in [0.1, 0.15) is 13.2 Å². The van der Waals surface area contributed by atoms with E-state index in [1.54, 1.807) is 0 Å². The maximum atomic E-state index is 12.8. The fraction of sp³-hybridized carbons (Fsp3) is 0.943. The lowest BCUT2D eigenvalue weighted by molar-refractivity contribution is -0.167. The SMILES string of the molecule is CCCCCCCCCCCCCCCCC(=O)OC[C@H](COC(=O)CCCCCCCCCCCCCC(C)C)OC(=O)CCCCCCCCCCCCCCC. The number of hydrogen-bond acceptors (Lipinski definition) is 6. The summed E-state index contributed by atoms with van der Waals surface area (Å²) in [5.74, 6) is -0.0154. The van der Waals surface area contributed by atoms with Crippen LogP contribution in [0.5, 0.6) is 0 Å². The minimum Gasteiger partial charge on any atom is -0.462 e. The topological polar surface area (TPSA) is 78.9 Å². The van der Waals surface area contributed by atoms with Gasteiger partial charge in [0.15, 0.2) is 6.10 Å². The highest BCUT2D eigenvalue weighted by Crippen LogP contribution is 2.17. The zero-order chi connectivity index (χ0) is 43.1. The summed E-state index contributed by atoms with van der Waals surface area (Å²) in [7, 11) is 0. The fourth-order valence-corrected chi connectivity index (χ4v) is 8.04. The van der Waals surface area contributed by atoms with Gasteiger partial charge in [-0.15, -0.1) is 0 Å². The minimum absolute atomic E-state index is 0.0625. The van der Waals surface area contributed by atoms with E-state index < -0.39 is 6.10 Å². The second kappa shape index (κ2) is 47.5.